The lowest BCUT2D eigenvalue weighted by molar-refractivity contribution is -0.119. The number of carbonyl (C=O) groups excluding carboxylic acids is 1. The number of para-hydroxylation sites is 1. The monoisotopic (exact) mass is 291 g/mol. The topological polar surface area (TPSA) is 67.6 Å². The average molecular weight is 291 g/mol. The van der Waals surface area contributed by atoms with Crippen molar-refractivity contribution in [3.05, 3.63) is 23.8 Å². The van der Waals surface area contributed by atoms with Crippen molar-refractivity contribution in [1.82, 2.24) is 4.90 Å². The van der Waals surface area contributed by atoms with Gasteiger partial charge in [-0.05, 0) is 44.9 Å². The number of nitrogens with two attached hydrogens (primary N) is 1. The van der Waals surface area contributed by atoms with Crippen molar-refractivity contribution in [1.29, 1.82) is 0 Å². The van der Waals surface area contributed by atoms with E-state index in [0.717, 1.165) is 31.5 Å². The van der Waals surface area contributed by atoms with Crippen LogP contribution in [0.25, 0.3) is 0 Å². The highest BCUT2D eigenvalue weighted by Crippen LogP contribution is 2.25. The minimum absolute atomic E-state index is 0.0312. The first-order chi connectivity index (χ1) is 9.93. The first kappa shape index (κ1) is 15.8. The van der Waals surface area contributed by atoms with Crippen LogP contribution in [-0.2, 0) is 9.53 Å². The molecule has 2 rings (SSSR count). The van der Waals surface area contributed by atoms with Crippen LogP contribution >= 0.6 is 0 Å². The molecule has 5 heteroatoms. The predicted molar refractivity (Wildman–Crippen MR) is 85.3 cm³/mol. The molecule has 5 nitrogen and oxygen atoms in total. The number of ether oxygens (including phenoxy) is 1. The number of piperidine rings is 1. The van der Waals surface area contributed by atoms with Gasteiger partial charge in [-0.3, -0.25) is 9.69 Å². The summed E-state index contributed by atoms with van der Waals surface area (Å²) < 4.78 is 5.55. The Kier molecular flexibility index (Phi) is 4.85. The van der Waals surface area contributed by atoms with Gasteiger partial charge in [-0.25, -0.2) is 0 Å². The highest BCUT2D eigenvalue weighted by atomic mass is 16.5. The fraction of sp³-hybridized carbons (Fsp3) is 0.562. The van der Waals surface area contributed by atoms with E-state index in [1.807, 2.05) is 19.1 Å². The average Bonchev–Trinajstić information content (AvgIpc) is 2.43. The van der Waals surface area contributed by atoms with Crippen molar-refractivity contribution in [2.75, 3.05) is 37.8 Å². The molecule has 1 amide bonds. The van der Waals surface area contributed by atoms with Crippen molar-refractivity contribution in [3.8, 4) is 0 Å². The first-order valence-corrected chi connectivity index (χ1v) is 7.36. The third kappa shape index (κ3) is 3.95. The summed E-state index contributed by atoms with van der Waals surface area (Å²) in [5.41, 5.74) is 8.06. The van der Waals surface area contributed by atoms with E-state index in [1.54, 1.807) is 13.2 Å². The van der Waals surface area contributed by atoms with Crippen LogP contribution in [0.3, 0.4) is 0 Å². The molecule has 1 fully saturated rings. The number of carbonyl (C=O) groups is 1. The van der Waals surface area contributed by atoms with Crippen LogP contribution in [-0.4, -0.2) is 43.2 Å². The van der Waals surface area contributed by atoms with Gasteiger partial charge in [-0.1, -0.05) is 12.1 Å². The first-order valence-electron chi connectivity index (χ1n) is 7.36. The summed E-state index contributed by atoms with van der Waals surface area (Å²) in [5.74, 6) is -0.0312. The van der Waals surface area contributed by atoms with Gasteiger partial charge >= 0.3 is 0 Å². The number of nitrogens with one attached hydrogen (secondary N) is 1. The fourth-order valence-electron chi connectivity index (χ4n) is 2.85. The number of methoxy groups -OCH3 is 1. The summed E-state index contributed by atoms with van der Waals surface area (Å²) >= 11 is 0. The van der Waals surface area contributed by atoms with Crippen molar-refractivity contribution in [2.45, 2.75) is 32.3 Å². The van der Waals surface area contributed by atoms with Crippen molar-refractivity contribution in [3.63, 3.8) is 0 Å². The maximum Gasteiger partial charge on any atom is 0.238 e. The molecular formula is C16H25N3O2. The van der Waals surface area contributed by atoms with Crippen LogP contribution in [0.4, 0.5) is 11.4 Å². The van der Waals surface area contributed by atoms with E-state index in [0.29, 0.717) is 17.9 Å². The molecule has 0 aliphatic carbocycles. The number of anilines is 2. The molecule has 1 unspecified atom stereocenters. The van der Waals surface area contributed by atoms with Gasteiger partial charge in [0.05, 0.1) is 23.5 Å². The molecule has 1 aliphatic rings. The van der Waals surface area contributed by atoms with E-state index in [9.17, 15) is 4.79 Å². The van der Waals surface area contributed by atoms with Crippen LogP contribution in [0, 0.1) is 6.92 Å². The maximum atomic E-state index is 12.2. The lowest BCUT2D eigenvalue weighted by Crippen LogP contribution is -2.49. The number of nitrogens with zero attached hydrogens (tertiary/aromatic N) is 1. The van der Waals surface area contributed by atoms with Crippen LogP contribution in [0.2, 0.25) is 0 Å². The van der Waals surface area contributed by atoms with Gasteiger partial charge in [0, 0.05) is 13.7 Å². The molecule has 3 N–H and O–H groups in total. The second-order valence-electron chi connectivity index (χ2n) is 6.06. The zero-order chi connectivity index (χ0) is 15.5. The molecule has 0 bridgehead atoms. The standard InChI is InChI=1S/C16H25N3O2/c1-12-6-4-7-13(17)15(12)18-14(20)10-19-9-5-8-16(2,11-19)21-3/h4,6-7H,5,8-11,17H2,1-3H3,(H,18,20). The summed E-state index contributed by atoms with van der Waals surface area (Å²) in [4.78, 5) is 14.4. The van der Waals surface area contributed by atoms with Gasteiger partial charge in [0.15, 0.2) is 0 Å². The Labute approximate surface area is 126 Å². The quantitative estimate of drug-likeness (QED) is 0.833. The molecule has 1 heterocycles. The Hall–Kier alpha value is -1.59. The van der Waals surface area contributed by atoms with Gasteiger partial charge in [-0.2, -0.15) is 0 Å². The maximum absolute atomic E-state index is 12.2. The lowest BCUT2D eigenvalue weighted by atomic mass is 9.95. The largest absolute Gasteiger partial charge is 0.397 e. The summed E-state index contributed by atoms with van der Waals surface area (Å²) in [7, 11) is 1.73. The third-order valence-electron chi connectivity index (χ3n) is 4.17. The zero-order valence-corrected chi connectivity index (χ0v) is 13.1. The van der Waals surface area contributed by atoms with E-state index in [-0.39, 0.29) is 11.5 Å². The van der Waals surface area contributed by atoms with Crippen molar-refractivity contribution in [2.24, 2.45) is 0 Å². The molecule has 1 saturated heterocycles. The van der Waals surface area contributed by atoms with E-state index < -0.39 is 0 Å². The molecule has 1 aromatic carbocycles. The molecule has 1 atom stereocenters. The van der Waals surface area contributed by atoms with Gasteiger partial charge < -0.3 is 15.8 Å². The van der Waals surface area contributed by atoms with Gasteiger partial charge in [0.1, 0.15) is 0 Å². The molecule has 1 aromatic rings. The summed E-state index contributed by atoms with van der Waals surface area (Å²) in [6, 6.07) is 5.62. The molecule has 0 aromatic heterocycles. The minimum atomic E-state index is -0.153. The number of hydrogen-bond acceptors (Lipinski definition) is 4. The molecule has 116 valence electrons. The SMILES string of the molecule is COC1(C)CCCN(CC(=O)Nc2c(C)cccc2N)C1. The molecule has 1 aliphatic heterocycles. The Morgan fingerprint density at radius 3 is 2.95 bits per heavy atom. The molecule has 0 radical (unpaired) electrons. The lowest BCUT2D eigenvalue weighted by Gasteiger charge is -2.39. The second-order valence-corrected chi connectivity index (χ2v) is 6.06. The Morgan fingerprint density at radius 2 is 2.29 bits per heavy atom. The van der Waals surface area contributed by atoms with Crippen LogP contribution in [0.5, 0.6) is 0 Å². The van der Waals surface area contributed by atoms with Crippen LogP contribution in [0.15, 0.2) is 18.2 Å². The van der Waals surface area contributed by atoms with E-state index >= 15 is 0 Å². The highest BCUT2D eigenvalue weighted by Gasteiger charge is 2.31. The Morgan fingerprint density at radius 1 is 1.52 bits per heavy atom. The van der Waals surface area contributed by atoms with E-state index in [2.05, 4.69) is 17.1 Å². The molecule has 0 saturated carbocycles. The van der Waals surface area contributed by atoms with Crippen LogP contribution in [0.1, 0.15) is 25.3 Å². The number of aryl methyl sites for hydroxylation is 1. The summed E-state index contributed by atoms with van der Waals surface area (Å²) in [5, 5.41) is 2.92. The van der Waals surface area contributed by atoms with Gasteiger partial charge in [0.2, 0.25) is 5.91 Å². The molecule has 21 heavy (non-hydrogen) atoms. The molecular weight excluding hydrogens is 266 g/mol. The number of likely N-dealkylation sites (tertiary alicyclic amines) is 1. The molecule has 0 spiro atoms. The van der Waals surface area contributed by atoms with Crippen molar-refractivity contribution >= 4 is 17.3 Å². The van der Waals surface area contributed by atoms with Crippen LogP contribution < -0.4 is 11.1 Å². The highest BCUT2D eigenvalue weighted by molar-refractivity contribution is 5.96. The summed E-state index contributed by atoms with van der Waals surface area (Å²) in [6.45, 7) is 6.10. The van der Waals surface area contributed by atoms with E-state index in [4.69, 9.17) is 10.5 Å². The number of amides is 1. The Bertz CT molecular complexity index is 498. The Balaban J connectivity index is 1.96. The number of rotatable bonds is 4. The number of nitrogen functional groups attached to an aromatic ring is 1. The minimum Gasteiger partial charge on any atom is -0.397 e. The third-order valence-corrected chi connectivity index (χ3v) is 4.17. The predicted octanol–water partition coefficient (Wildman–Crippen LogP) is 2.02. The smallest absolute Gasteiger partial charge is 0.238 e. The van der Waals surface area contributed by atoms with Crippen molar-refractivity contribution < 1.29 is 9.53 Å². The van der Waals surface area contributed by atoms with Gasteiger partial charge in [0.25, 0.3) is 0 Å². The van der Waals surface area contributed by atoms with Gasteiger partial charge in [-0.15, -0.1) is 0 Å². The number of benzene rings is 1. The van der Waals surface area contributed by atoms with E-state index in [1.165, 1.54) is 0 Å². The zero-order valence-electron chi connectivity index (χ0n) is 13.1. The second kappa shape index (κ2) is 6.45. The number of hydrogen-bond donors (Lipinski definition) is 2. The summed E-state index contributed by atoms with van der Waals surface area (Å²) in [6.07, 6.45) is 2.08. The normalized spacial score (nSPS) is 23.0. The fourth-order valence-corrected chi connectivity index (χ4v) is 2.85.